The summed E-state index contributed by atoms with van der Waals surface area (Å²) < 4.78 is 0. The summed E-state index contributed by atoms with van der Waals surface area (Å²) in [6, 6.07) is 18.8. The van der Waals surface area contributed by atoms with Crippen molar-refractivity contribution >= 4 is 11.9 Å². The van der Waals surface area contributed by atoms with E-state index < -0.39 is 12.0 Å². The third-order valence-corrected chi connectivity index (χ3v) is 4.19. The van der Waals surface area contributed by atoms with Crippen LogP contribution in [0.2, 0.25) is 0 Å². The summed E-state index contributed by atoms with van der Waals surface area (Å²) in [5, 5.41) is 15.2. The molecule has 2 aromatic rings. The molecule has 1 atom stereocenters. The van der Waals surface area contributed by atoms with Gasteiger partial charge in [-0.1, -0.05) is 74.0 Å². The second kappa shape index (κ2) is 10.4. The largest absolute Gasteiger partial charge is 0.480 e. The van der Waals surface area contributed by atoms with Crippen molar-refractivity contribution in [3.63, 3.8) is 0 Å². The molecular formula is C21H26N2O3. The molecule has 0 saturated heterocycles. The van der Waals surface area contributed by atoms with Crippen molar-refractivity contribution < 1.29 is 14.7 Å². The zero-order chi connectivity index (χ0) is 18.8. The van der Waals surface area contributed by atoms with E-state index in [1.54, 1.807) is 0 Å². The maximum atomic E-state index is 12.4. The zero-order valence-electron chi connectivity index (χ0n) is 15.0. The van der Waals surface area contributed by atoms with Crippen LogP contribution in [-0.2, 0) is 9.59 Å². The van der Waals surface area contributed by atoms with E-state index >= 15 is 0 Å². The third-order valence-electron chi connectivity index (χ3n) is 4.19. The van der Waals surface area contributed by atoms with Crippen molar-refractivity contribution in [2.45, 2.75) is 38.3 Å². The Balaban J connectivity index is 1.98. The molecule has 1 amide bonds. The van der Waals surface area contributed by atoms with Gasteiger partial charge in [0.1, 0.15) is 6.04 Å². The Labute approximate surface area is 154 Å². The molecule has 0 spiro atoms. The van der Waals surface area contributed by atoms with Gasteiger partial charge in [0.05, 0.1) is 6.04 Å². The fourth-order valence-corrected chi connectivity index (χ4v) is 2.84. The van der Waals surface area contributed by atoms with Gasteiger partial charge in [0.2, 0.25) is 5.91 Å². The number of carboxylic acids is 1. The standard InChI is InChI=1S/C21H26N2O3/c1-2-9-18(21(25)26)22-15-14-19(24)23-20(16-10-5-3-6-11-16)17-12-7-4-8-13-17/h3-8,10-13,18,20,22H,2,9,14-15H2,1H3,(H,23,24)(H,25,26). The van der Waals surface area contributed by atoms with E-state index in [9.17, 15) is 9.59 Å². The Kier molecular flexibility index (Phi) is 7.83. The third kappa shape index (κ3) is 6.01. The Morgan fingerprint density at radius 2 is 1.50 bits per heavy atom. The van der Waals surface area contributed by atoms with Crippen LogP contribution in [0.25, 0.3) is 0 Å². The minimum atomic E-state index is -0.876. The maximum absolute atomic E-state index is 12.4. The van der Waals surface area contributed by atoms with Gasteiger partial charge in [-0.3, -0.25) is 9.59 Å². The van der Waals surface area contributed by atoms with E-state index in [4.69, 9.17) is 5.11 Å². The molecule has 3 N–H and O–H groups in total. The lowest BCUT2D eigenvalue weighted by molar-refractivity contribution is -0.139. The van der Waals surface area contributed by atoms with Gasteiger partial charge >= 0.3 is 5.97 Å². The average molecular weight is 354 g/mol. The van der Waals surface area contributed by atoms with Crippen molar-refractivity contribution in [3.8, 4) is 0 Å². The Morgan fingerprint density at radius 1 is 0.962 bits per heavy atom. The molecule has 0 heterocycles. The number of aliphatic carboxylic acids is 1. The molecule has 0 aliphatic rings. The predicted octanol–water partition coefficient (Wildman–Crippen LogP) is 3.13. The molecule has 0 radical (unpaired) electrons. The van der Waals surface area contributed by atoms with Gasteiger partial charge in [-0.15, -0.1) is 0 Å². The number of nitrogens with one attached hydrogen (secondary N) is 2. The number of carbonyl (C=O) groups is 2. The van der Waals surface area contributed by atoms with Gasteiger partial charge < -0.3 is 15.7 Å². The van der Waals surface area contributed by atoms with Crippen LogP contribution >= 0.6 is 0 Å². The van der Waals surface area contributed by atoms with Crippen molar-refractivity contribution in [3.05, 3.63) is 71.8 Å². The predicted molar refractivity (Wildman–Crippen MR) is 102 cm³/mol. The minimum absolute atomic E-state index is 0.115. The van der Waals surface area contributed by atoms with Gasteiger partial charge in [-0.05, 0) is 17.5 Å². The SMILES string of the molecule is CCCC(NCCC(=O)NC(c1ccccc1)c1ccccc1)C(=O)O. The lowest BCUT2D eigenvalue weighted by Gasteiger charge is -2.20. The van der Waals surface area contributed by atoms with Crippen molar-refractivity contribution in [1.82, 2.24) is 10.6 Å². The Morgan fingerprint density at radius 3 is 1.96 bits per heavy atom. The first-order valence-electron chi connectivity index (χ1n) is 8.97. The van der Waals surface area contributed by atoms with E-state index in [-0.39, 0.29) is 18.4 Å². The van der Waals surface area contributed by atoms with E-state index in [2.05, 4.69) is 10.6 Å². The van der Waals surface area contributed by atoms with E-state index in [0.29, 0.717) is 13.0 Å². The molecule has 0 aliphatic carbocycles. The Hall–Kier alpha value is -2.66. The van der Waals surface area contributed by atoms with Crippen molar-refractivity contribution in [1.29, 1.82) is 0 Å². The highest BCUT2D eigenvalue weighted by molar-refractivity contribution is 5.77. The number of carboxylic acid groups (broad SMARTS) is 1. The van der Waals surface area contributed by atoms with Gasteiger partial charge in [-0.2, -0.15) is 0 Å². The van der Waals surface area contributed by atoms with Gasteiger partial charge in [0.25, 0.3) is 0 Å². The molecule has 5 nitrogen and oxygen atoms in total. The molecule has 0 aliphatic heterocycles. The summed E-state index contributed by atoms with van der Waals surface area (Å²) in [6.07, 6.45) is 1.55. The first-order chi connectivity index (χ1) is 12.6. The molecule has 26 heavy (non-hydrogen) atoms. The summed E-state index contributed by atoms with van der Waals surface area (Å²) in [5.41, 5.74) is 2.02. The van der Waals surface area contributed by atoms with Crippen LogP contribution < -0.4 is 10.6 Å². The van der Waals surface area contributed by atoms with Crippen LogP contribution in [-0.4, -0.2) is 29.6 Å². The topological polar surface area (TPSA) is 78.4 Å². The monoisotopic (exact) mass is 354 g/mol. The van der Waals surface area contributed by atoms with Crippen molar-refractivity contribution in [2.75, 3.05) is 6.54 Å². The minimum Gasteiger partial charge on any atom is -0.480 e. The maximum Gasteiger partial charge on any atom is 0.320 e. The van der Waals surface area contributed by atoms with E-state index in [1.807, 2.05) is 67.6 Å². The van der Waals surface area contributed by atoms with Crippen LogP contribution in [0.15, 0.2) is 60.7 Å². The molecule has 0 aromatic heterocycles. The first kappa shape index (κ1) is 19.7. The molecule has 0 fully saturated rings. The van der Waals surface area contributed by atoms with Crippen LogP contribution in [0.4, 0.5) is 0 Å². The zero-order valence-corrected chi connectivity index (χ0v) is 15.0. The molecule has 2 aromatic carbocycles. The lowest BCUT2D eigenvalue weighted by Crippen LogP contribution is -2.39. The normalized spacial score (nSPS) is 11.9. The number of hydrogen-bond donors (Lipinski definition) is 3. The smallest absolute Gasteiger partial charge is 0.320 e. The van der Waals surface area contributed by atoms with Crippen molar-refractivity contribution in [2.24, 2.45) is 0 Å². The summed E-state index contributed by atoms with van der Waals surface area (Å²) in [4.78, 5) is 23.6. The van der Waals surface area contributed by atoms with E-state index in [0.717, 1.165) is 17.5 Å². The van der Waals surface area contributed by atoms with Crippen LogP contribution in [0.5, 0.6) is 0 Å². The van der Waals surface area contributed by atoms with Crippen LogP contribution in [0, 0.1) is 0 Å². The summed E-state index contributed by atoms with van der Waals surface area (Å²) >= 11 is 0. The highest BCUT2D eigenvalue weighted by atomic mass is 16.4. The fourth-order valence-electron chi connectivity index (χ4n) is 2.84. The lowest BCUT2D eigenvalue weighted by atomic mass is 9.98. The highest BCUT2D eigenvalue weighted by Crippen LogP contribution is 2.21. The molecule has 0 bridgehead atoms. The number of carbonyl (C=O) groups excluding carboxylic acids is 1. The highest BCUT2D eigenvalue weighted by Gasteiger charge is 2.18. The Bertz CT molecular complexity index is 649. The quantitative estimate of drug-likeness (QED) is 0.612. The summed E-state index contributed by atoms with van der Waals surface area (Å²) in [7, 11) is 0. The van der Waals surface area contributed by atoms with Crippen LogP contribution in [0.1, 0.15) is 43.4 Å². The van der Waals surface area contributed by atoms with E-state index in [1.165, 1.54) is 0 Å². The number of rotatable bonds is 10. The number of hydrogen-bond acceptors (Lipinski definition) is 3. The first-order valence-corrected chi connectivity index (χ1v) is 8.97. The van der Waals surface area contributed by atoms with Crippen LogP contribution in [0.3, 0.4) is 0 Å². The second-order valence-corrected chi connectivity index (χ2v) is 6.21. The van der Waals surface area contributed by atoms with Gasteiger partial charge in [0, 0.05) is 13.0 Å². The average Bonchev–Trinajstić information content (AvgIpc) is 2.66. The fraction of sp³-hybridized carbons (Fsp3) is 0.333. The molecular weight excluding hydrogens is 328 g/mol. The molecule has 1 unspecified atom stereocenters. The second-order valence-electron chi connectivity index (χ2n) is 6.21. The van der Waals surface area contributed by atoms with Gasteiger partial charge in [0.15, 0.2) is 0 Å². The molecule has 5 heteroatoms. The molecule has 138 valence electrons. The summed E-state index contributed by atoms with van der Waals surface area (Å²) in [5.74, 6) is -0.991. The molecule has 0 saturated carbocycles. The number of amides is 1. The number of benzene rings is 2. The molecule has 2 rings (SSSR count). The summed E-state index contributed by atoms with van der Waals surface area (Å²) in [6.45, 7) is 2.27. The van der Waals surface area contributed by atoms with Gasteiger partial charge in [-0.25, -0.2) is 0 Å².